The average molecular weight is 363 g/mol. The summed E-state index contributed by atoms with van der Waals surface area (Å²) >= 11 is 0. The van der Waals surface area contributed by atoms with Gasteiger partial charge < -0.3 is 10.1 Å². The third kappa shape index (κ3) is 4.23. The molecule has 3 rings (SSSR count). The fourth-order valence-corrected chi connectivity index (χ4v) is 2.96. The number of methoxy groups -OCH3 is 1. The van der Waals surface area contributed by atoms with Crippen LogP contribution < -0.4 is 5.32 Å². The van der Waals surface area contributed by atoms with Gasteiger partial charge in [-0.05, 0) is 36.2 Å². The minimum atomic E-state index is -0.953. The van der Waals surface area contributed by atoms with Crippen molar-refractivity contribution in [2.45, 2.75) is 12.5 Å². The molecule has 138 valence electrons. The number of rotatable bonds is 6. The molecule has 0 aliphatic heterocycles. The Hall–Kier alpha value is -2.98. The van der Waals surface area contributed by atoms with Crippen LogP contribution in [0.1, 0.15) is 22.8 Å². The van der Waals surface area contributed by atoms with Crippen molar-refractivity contribution in [3.63, 3.8) is 0 Å². The van der Waals surface area contributed by atoms with Crippen LogP contribution in [0.2, 0.25) is 0 Å². The van der Waals surface area contributed by atoms with Gasteiger partial charge in [-0.3, -0.25) is 4.79 Å². The van der Waals surface area contributed by atoms with Gasteiger partial charge in [0.1, 0.15) is 11.4 Å². The molecule has 0 radical (unpaired) electrons. The SMILES string of the molecule is COC(C)(CNC(=O)c1ccc(-c2ccccc2)cc1)c1ccccc1F. The monoisotopic (exact) mass is 363 g/mol. The molecule has 3 aromatic carbocycles. The predicted molar refractivity (Wildman–Crippen MR) is 105 cm³/mol. The highest BCUT2D eigenvalue weighted by molar-refractivity contribution is 5.94. The average Bonchev–Trinajstić information content (AvgIpc) is 2.73. The first-order valence-corrected chi connectivity index (χ1v) is 8.77. The molecule has 3 nitrogen and oxygen atoms in total. The maximum Gasteiger partial charge on any atom is 0.251 e. The Morgan fingerprint density at radius 2 is 1.52 bits per heavy atom. The maximum atomic E-state index is 14.1. The zero-order valence-electron chi connectivity index (χ0n) is 15.4. The van der Waals surface area contributed by atoms with Crippen molar-refractivity contribution in [1.82, 2.24) is 5.32 Å². The molecule has 0 spiro atoms. The van der Waals surface area contributed by atoms with Gasteiger partial charge in [0, 0.05) is 18.2 Å². The number of ether oxygens (including phenoxy) is 1. The van der Waals surface area contributed by atoms with Gasteiger partial charge in [-0.25, -0.2) is 4.39 Å². The van der Waals surface area contributed by atoms with Gasteiger partial charge in [-0.1, -0.05) is 60.7 Å². The molecule has 1 amide bonds. The lowest BCUT2D eigenvalue weighted by atomic mass is 9.95. The molecule has 4 heteroatoms. The van der Waals surface area contributed by atoms with Gasteiger partial charge in [-0.2, -0.15) is 0 Å². The van der Waals surface area contributed by atoms with Crippen LogP contribution in [0, 0.1) is 5.82 Å². The predicted octanol–water partition coefficient (Wildman–Crippen LogP) is 4.78. The van der Waals surface area contributed by atoms with Crippen LogP contribution in [0.3, 0.4) is 0 Å². The Bertz CT molecular complexity index is 909. The van der Waals surface area contributed by atoms with E-state index in [4.69, 9.17) is 4.74 Å². The van der Waals surface area contributed by atoms with Crippen molar-refractivity contribution >= 4 is 5.91 Å². The molecule has 1 unspecified atom stereocenters. The van der Waals surface area contributed by atoms with Gasteiger partial charge in [-0.15, -0.1) is 0 Å². The van der Waals surface area contributed by atoms with E-state index < -0.39 is 5.60 Å². The van der Waals surface area contributed by atoms with Crippen molar-refractivity contribution < 1.29 is 13.9 Å². The van der Waals surface area contributed by atoms with E-state index in [2.05, 4.69) is 5.32 Å². The van der Waals surface area contributed by atoms with E-state index in [0.717, 1.165) is 11.1 Å². The number of nitrogens with one attached hydrogen (secondary N) is 1. The van der Waals surface area contributed by atoms with Crippen molar-refractivity contribution in [3.05, 3.63) is 95.8 Å². The minimum Gasteiger partial charge on any atom is -0.372 e. The number of carbonyl (C=O) groups is 1. The van der Waals surface area contributed by atoms with Crippen molar-refractivity contribution in [1.29, 1.82) is 0 Å². The molecular formula is C23H22FNO2. The summed E-state index contributed by atoms with van der Waals surface area (Å²) in [6.45, 7) is 1.91. The first-order chi connectivity index (χ1) is 13.0. The van der Waals surface area contributed by atoms with E-state index in [-0.39, 0.29) is 18.3 Å². The second-order valence-corrected chi connectivity index (χ2v) is 6.54. The van der Waals surface area contributed by atoms with E-state index in [1.54, 1.807) is 37.3 Å². The normalized spacial score (nSPS) is 13.0. The molecule has 0 saturated heterocycles. The van der Waals surface area contributed by atoms with E-state index in [1.807, 2.05) is 42.5 Å². The highest BCUT2D eigenvalue weighted by atomic mass is 19.1. The topological polar surface area (TPSA) is 38.3 Å². The number of benzene rings is 3. The van der Waals surface area contributed by atoms with Crippen LogP contribution in [0.4, 0.5) is 4.39 Å². The number of hydrogen-bond donors (Lipinski definition) is 1. The van der Waals surface area contributed by atoms with Gasteiger partial charge in [0.2, 0.25) is 0 Å². The first-order valence-electron chi connectivity index (χ1n) is 8.77. The van der Waals surface area contributed by atoms with Gasteiger partial charge in [0.15, 0.2) is 0 Å². The van der Waals surface area contributed by atoms with E-state index in [1.165, 1.54) is 13.2 Å². The Kier molecular flexibility index (Phi) is 5.67. The molecule has 0 bridgehead atoms. The standard InChI is InChI=1S/C23H22FNO2/c1-23(27-2,20-10-6-7-11-21(20)24)16-25-22(26)19-14-12-18(13-15-19)17-8-4-3-5-9-17/h3-15H,16H2,1-2H3,(H,25,26). The molecule has 0 saturated carbocycles. The van der Waals surface area contributed by atoms with Gasteiger partial charge in [0.25, 0.3) is 5.91 Å². The van der Waals surface area contributed by atoms with Crippen LogP contribution in [-0.2, 0) is 10.3 Å². The molecule has 0 aromatic heterocycles. The molecule has 0 fully saturated rings. The smallest absolute Gasteiger partial charge is 0.251 e. The van der Waals surface area contributed by atoms with Crippen LogP contribution >= 0.6 is 0 Å². The Labute approximate surface area is 158 Å². The fourth-order valence-electron chi connectivity index (χ4n) is 2.96. The lowest BCUT2D eigenvalue weighted by molar-refractivity contribution is 0.000389. The minimum absolute atomic E-state index is 0.156. The number of carbonyl (C=O) groups excluding carboxylic acids is 1. The molecule has 1 atom stereocenters. The number of halogens is 1. The summed E-state index contributed by atoms with van der Waals surface area (Å²) in [5.74, 6) is -0.586. The van der Waals surface area contributed by atoms with E-state index in [9.17, 15) is 9.18 Å². The third-order valence-corrected chi connectivity index (χ3v) is 4.73. The lowest BCUT2D eigenvalue weighted by Crippen LogP contribution is -2.40. The lowest BCUT2D eigenvalue weighted by Gasteiger charge is -2.29. The summed E-state index contributed by atoms with van der Waals surface area (Å²) in [4.78, 5) is 12.5. The highest BCUT2D eigenvalue weighted by Gasteiger charge is 2.29. The molecule has 1 N–H and O–H groups in total. The fraction of sp³-hybridized carbons (Fsp3) is 0.174. The molecule has 0 aliphatic carbocycles. The summed E-state index contributed by atoms with van der Waals surface area (Å²) in [7, 11) is 1.51. The second-order valence-electron chi connectivity index (χ2n) is 6.54. The summed E-state index contributed by atoms with van der Waals surface area (Å²) in [5.41, 5.74) is 2.13. The Morgan fingerprint density at radius 1 is 0.926 bits per heavy atom. The summed E-state index contributed by atoms with van der Waals surface area (Å²) in [5, 5.41) is 2.84. The van der Waals surface area contributed by atoms with Crippen LogP contribution in [0.5, 0.6) is 0 Å². The quantitative estimate of drug-likeness (QED) is 0.684. The summed E-state index contributed by atoms with van der Waals surface area (Å²) in [6, 6.07) is 23.8. The zero-order chi connectivity index (χ0) is 19.3. The first kappa shape index (κ1) is 18.8. The summed E-state index contributed by atoms with van der Waals surface area (Å²) < 4.78 is 19.6. The van der Waals surface area contributed by atoms with Crippen LogP contribution in [0.15, 0.2) is 78.9 Å². The second kappa shape index (κ2) is 8.14. The Morgan fingerprint density at radius 3 is 2.15 bits per heavy atom. The van der Waals surface area contributed by atoms with Crippen molar-refractivity contribution in [2.75, 3.05) is 13.7 Å². The molecule has 0 heterocycles. The number of amides is 1. The van der Waals surface area contributed by atoms with Crippen molar-refractivity contribution in [2.24, 2.45) is 0 Å². The van der Waals surface area contributed by atoms with Gasteiger partial charge >= 0.3 is 0 Å². The molecule has 3 aromatic rings. The van der Waals surface area contributed by atoms with Crippen LogP contribution in [-0.4, -0.2) is 19.6 Å². The molecule has 0 aliphatic rings. The Balaban J connectivity index is 1.71. The highest BCUT2D eigenvalue weighted by Crippen LogP contribution is 2.26. The largest absolute Gasteiger partial charge is 0.372 e. The number of hydrogen-bond acceptors (Lipinski definition) is 2. The van der Waals surface area contributed by atoms with Crippen molar-refractivity contribution in [3.8, 4) is 11.1 Å². The molecular weight excluding hydrogens is 341 g/mol. The maximum absolute atomic E-state index is 14.1. The molecule has 27 heavy (non-hydrogen) atoms. The van der Waals surface area contributed by atoms with E-state index in [0.29, 0.717) is 11.1 Å². The van der Waals surface area contributed by atoms with Crippen LogP contribution in [0.25, 0.3) is 11.1 Å². The van der Waals surface area contributed by atoms with Gasteiger partial charge in [0.05, 0.1) is 6.54 Å². The van der Waals surface area contributed by atoms with E-state index >= 15 is 0 Å². The summed E-state index contributed by atoms with van der Waals surface area (Å²) in [6.07, 6.45) is 0. The zero-order valence-corrected chi connectivity index (χ0v) is 15.4. The third-order valence-electron chi connectivity index (χ3n) is 4.73.